The minimum Gasteiger partial charge on any atom is -0.493 e. The van der Waals surface area contributed by atoms with Gasteiger partial charge in [-0.15, -0.1) is 0 Å². The normalized spacial score (nSPS) is 16.3. The van der Waals surface area contributed by atoms with Crippen molar-refractivity contribution in [1.82, 2.24) is 20.4 Å². The molecule has 0 radical (unpaired) electrons. The molecule has 4 aliphatic heterocycles. The van der Waals surface area contributed by atoms with E-state index >= 15 is 0 Å². The number of hydrogen-bond donors (Lipinski definition) is 4. The molecule has 0 bridgehead atoms. The topological polar surface area (TPSA) is 223 Å². The van der Waals surface area contributed by atoms with Gasteiger partial charge in [0.05, 0.1) is 56.8 Å². The summed E-state index contributed by atoms with van der Waals surface area (Å²) < 4.78 is 29.5. The average molecular weight is 1140 g/mol. The largest absolute Gasteiger partial charge is 1.00 e. The number of benzene rings is 3. The molecule has 3 atom stereocenters. The van der Waals surface area contributed by atoms with E-state index in [0.29, 0.717) is 104 Å². The molecule has 2 saturated heterocycles. The molecule has 0 aliphatic carbocycles. The number of ether oxygens (including phenoxy) is 5. The number of fused-ring (bicyclic) bond motifs is 4. The monoisotopic (exact) mass is 1140 g/mol. The maximum Gasteiger partial charge on any atom is 1.00 e. The second-order valence-corrected chi connectivity index (χ2v) is 18.8. The van der Waals surface area contributed by atoms with Crippen molar-refractivity contribution in [2.45, 2.75) is 124 Å². The molecular formula is C57H76N7O12Rb. The number of unbranched alkanes of at least 4 members (excludes halogenated alkanes) is 2. The maximum atomic E-state index is 14.0. The quantitative estimate of drug-likeness (QED) is 0.0598. The number of carbonyl (C=O) groups excluding carboxylic acids is 7. The number of anilines is 3. The van der Waals surface area contributed by atoms with Crippen molar-refractivity contribution in [1.29, 1.82) is 0 Å². The molecule has 19 nitrogen and oxygen atoms in total. The fourth-order valence-electron chi connectivity index (χ4n) is 8.80. The molecule has 3 aromatic carbocycles. The van der Waals surface area contributed by atoms with Crippen LogP contribution in [0, 0.1) is 6.54 Å². The molecule has 4 N–H and O–H groups in total. The zero-order valence-corrected chi connectivity index (χ0v) is 51.3. The van der Waals surface area contributed by atoms with Crippen LogP contribution in [0.3, 0.4) is 0 Å². The van der Waals surface area contributed by atoms with Crippen molar-refractivity contribution in [3.63, 3.8) is 0 Å². The Kier molecular flexibility index (Phi) is 26.2. The van der Waals surface area contributed by atoms with Gasteiger partial charge in [0.1, 0.15) is 18.4 Å². The van der Waals surface area contributed by atoms with Crippen LogP contribution in [0.15, 0.2) is 72.8 Å². The van der Waals surface area contributed by atoms with E-state index in [1.807, 2.05) is 24.8 Å². The predicted octanol–water partition coefficient (Wildman–Crippen LogP) is 5.38. The first-order valence-electron chi connectivity index (χ1n) is 26.2. The van der Waals surface area contributed by atoms with E-state index in [0.717, 1.165) is 24.0 Å². The number of rotatable bonds is 21. The average Bonchev–Trinajstić information content (AvgIpc) is 3.92. The zero-order valence-electron chi connectivity index (χ0n) is 46.4. The molecule has 4 aliphatic rings. The van der Waals surface area contributed by atoms with E-state index in [-0.39, 0.29) is 125 Å². The van der Waals surface area contributed by atoms with E-state index in [1.165, 1.54) is 32.3 Å². The van der Waals surface area contributed by atoms with E-state index in [1.54, 1.807) is 61.0 Å². The molecule has 412 valence electrons. The number of Topliss-reactive ketones (excluding diaryl/α,β-unsaturated/α-hetero) is 1. The standard InChI is InChI=1S/C52H62N7O12.C3H8.C2H6.Rb/c1-31-19-37-25-53-41-23-45(43(67-5)21-39(41)50(64)57(37)27-31)69-17-8-7-9-18-70-46-24-42-40(22-44(46)68-6)51(65)58-28-32(2)20-38(58)29-59(42)52(66)71-30-35-13-15-36(16-14-35)56-49(63)34(4)55-48(62)26-54-47(61)12-10-11-33(3)60;1-3-2;1-2;/h13-16,21-24,29,34,37-38,53H,1-2,7-12,17-20,25-28,30H2,3-6H3,(H,54,61)(H,55,62)(H,56,63);3H2,1-2H3;1-2H3;/q-1;;;+1. The summed E-state index contributed by atoms with van der Waals surface area (Å²) in [6.45, 7) is 22.8. The van der Waals surface area contributed by atoms with Gasteiger partial charge in [0.15, 0.2) is 23.0 Å². The van der Waals surface area contributed by atoms with Crippen LogP contribution >= 0.6 is 0 Å². The fraction of sp³-hybridized carbons (Fsp3) is 0.474. The van der Waals surface area contributed by atoms with Crippen molar-refractivity contribution in [3.8, 4) is 23.0 Å². The Morgan fingerprint density at radius 2 is 1.38 bits per heavy atom. The van der Waals surface area contributed by atoms with Gasteiger partial charge in [-0.3, -0.25) is 24.0 Å². The van der Waals surface area contributed by atoms with E-state index in [2.05, 4.69) is 48.3 Å². The predicted molar refractivity (Wildman–Crippen MR) is 291 cm³/mol. The number of ketones is 1. The zero-order chi connectivity index (χ0) is 55.5. The Labute approximate surface area is 502 Å². The van der Waals surface area contributed by atoms with Gasteiger partial charge in [0.25, 0.3) is 11.8 Å². The summed E-state index contributed by atoms with van der Waals surface area (Å²) in [5, 5.41) is 11.2. The molecule has 0 spiro atoms. The summed E-state index contributed by atoms with van der Waals surface area (Å²) >= 11 is 0. The third-order valence-corrected chi connectivity index (χ3v) is 12.6. The molecule has 0 saturated carbocycles. The van der Waals surface area contributed by atoms with Gasteiger partial charge in [0.2, 0.25) is 17.7 Å². The van der Waals surface area contributed by atoms with Crippen molar-refractivity contribution < 1.29 is 115 Å². The van der Waals surface area contributed by atoms with E-state index < -0.39 is 30.0 Å². The molecule has 0 aromatic heterocycles. The van der Waals surface area contributed by atoms with Crippen molar-refractivity contribution >= 4 is 58.5 Å². The van der Waals surface area contributed by atoms with Crippen LogP contribution in [0.5, 0.6) is 23.0 Å². The summed E-state index contributed by atoms with van der Waals surface area (Å²) in [4.78, 5) is 94.4. The SMILES string of the molecule is C=C1CC2[CH-]N(C(=O)OCc3ccc(NC(=O)C(C)NC(=O)CNC(=O)CCCC(C)=O)cc3)c3cc(OCCCCCOc4cc5c(cc4OC)C(=O)N4CC(=C)CC4CN5)c(OC)cc3C(=O)N2C1.CC.CCC.[Rb+]. The van der Waals surface area contributed by atoms with E-state index in [4.69, 9.17) is 23.7 Å². The Morgan fingerprint density at radius 3 is 2.01 bits per heavy atom. The van der Waals surface area contributed by atoms with Crippen molar-refractivity contribution in [2.24, 2.45) is 0 Å². The number of amides is 6. The minimum atomic E-state index is -0.918. The number of carbonyl (C=O) groups is 7. The molecule has 3 unspecified atom stereocenters. The van der Waals surface area contributed by atoms with Crippen molar-refractivity contribution in [3.05, 3.63) is 96.1 Å². The van der Waals surface area contributed by atoms with Crippen LogP contribution in [-0.4, -0.2) is 123 Å². The Morgan fingerprint density at radius 1 is 0.779 bits per heavy atom. The maximum absolute atomic E-state index is 14.0. The van der Waals surface area contributed by atoms with Crippen LogP contribution in [0.2, 0.25) is 0 Å². The van der Waals surface area contributed by atoms with Crippen molar-refractivity contribution in [2.75, 3.05) is 69.1 Å². The number of hydrogen-bond acceptors (Lipinski definition) is 13. The third-order valence-electron chi connectivity index (χ3n) is 12.6. The number of nitrogens with zero attached hydrogens (tertiary/aromatic N) is 3. The van der Waals surface area contributed by atoms with Gasteiger partial charge in [-0.05, 0) is 82.2 Å². The first kappa shape index (κ1) is 63.8. The summed E-state index contributed by atoms with van der Waals surface area (Å²) in [7, 11) is 3.03. The number of methoxy groups -OCH3 is 2. The second-order valence-electron chi connectivity index (χ2n) is 18.8. The molecule has 2 fully saturated rings. The Hall–Kier alpha value is -5.76. The first-order chi connectivity index (χ1) is 36.5. The van der Waals surface area contributed by atoms with Crippen LogP contribution in [-0.2, 0) is 30.5 Å². The molecule has 20 heteroatoms. The van der Waals surface area contributed by atoms with Gasteiger partial charge < -0.3 is 64.4 Å². The molecule has 4 heterocycles. The fourth-order valence-corrected chi connectivity index (χ4v) is 8.80. The number of nitrogens with one attached hydrogen (secondary N) is 4. The third kappa shape index (κ3) is 17.9. The van der Waals surface area contributed by atoms with Crippen LogP contribution in [0.1, 0.15) is 126 Å². The summed E-state index contributed by atoms with van der Waals surface area (Å²) in [5.74, 6) is -0.100. The summed E-state index contributed by atoms with van der Waals surface area (Å²) in [6.07, 6.45) is 4.65. The molecule has 77 heavy (non-hydrogen) atoms. The van der Waals surface area contributed by atoms with Gasteiger partial charge >= 0.3 is 64.3 Å². The minimum absolute atomic E-state index is 0. The molecular weight excluding hydrogens is 1060 g/mol. The Bertz CT molecular complexity index is 2590. The van der Waals surface area contributed by atoms with Crippen LogP contribution in [0.4, 0.5) is 21.9 Å². The second kappa shape index (κ2) is 31.6. The van der Waals surface area contributed by atoms with Crippen LogP contribution < -0.4 is 103 Å². The van der Waals surface area contributed by atoms with E-state index in [9.17, 15) is 33.6 Å². The summed E-state index contributed by atoms with van der Waals surface area (Å²) in [5.41, 5.74) is 4.68. The van der Waals surface area contributed by atoms with Gasteiger partial charge in [-0.1, -0.05) is 76.6 Å². The van der Waals surface area contributed by atoms with Gasteiger partial charge in [-0.25, -0.2) is 11.3 Å². The summed E-state index contributed by atoms with van der Waals surface area (Å²) in [6, 6.07) is 12.0. The van der Waals surface area contributed by atoms with Gasteiger partial charge in [0, 0.05) is 56.0 Å². The van der Waals surface area contributed by atoms with Crippen LogP contribution in [0.25, 0.3) is 0 Å². The Balaban J connectivity index is 0.00000206. The molecule has 7 rings (SSSR count). The van der Waals surface area contributed by atoms with Gasteiger partial charge in [-0.2, -0.15) is 0 Å². The first-order valence-corrected chi connectivity index (χ1v) is 26.2. The smallest absolute Gasteiger partial charge is 0.493 e. The molecule has 6 amide bonds. The molecule has 3 aromatic rings.